The number of carbonyl (C=O) groups is 1. The minimum Gasteiger partial charge on any atom is -0.462 e. The van der Waals surface area contributed by atoms with Gasteiger partial charge in [-0.15, -0.1) is 0 Å². The standard InChI is InChI=1S/C20H17NO2/c1-2-23-20(22)18-14-21-19(16-11-7-4-8-12-16)13-17(18)15-9-5-3-6-10-15/h3-14H,2H2,1H3. The Morgan fingerprint density at radius 1 is 0.957 bits per heavy atom. The Morgan fingerprint density at radius 2 is 1.57 bits per heavy atom. The Hall–Kier alpha value is -2.94. The van der Waals surface area contributed by atoms with E-state index in [9.17, 15) is 4.79 Å². The summed E-state index contributed by atoms with van der Waals surface area (Å²) in [7, 11) is 0. The van der Waals surface area contributed by atoms with Gasteiger partial charge in [0.25, 0.3) is 0 Å². The maximum Gasteiger partial charge on any atom is 0.340 e. The molecule has 3 nitrogen and oxygen atoms in total. The van der Waals surface area contributed by atoms with E-state index in [2.05, 4.69) is 4.98 Å². The van der Waals surface area contributed by atoms with E-state index in [0.717, 1.165) is 22.4 Å². The van der Waals surface area contributed by atoms with Crippen LogP contribution in [-0.4, -0.2) is 17.6 Å². The molecule has 0 aliphatic rings. The van der Waals surface area contributed by atoms with E-state index < -0.39 is 0 Å². The predicted molar refractivity (Wildman–Crippen MR) is 91.1 cm³/mol. The lowest BCUT2D eigenvalue weighted by Gasteiger charge is -2.11. The van der Waals surface area contributed by atoms with Crippen LogP contribution in [0.3, 0.4) is 0 Å². The van der Waals surface area contributed by atoms with Gasteiger partial charge in [0.2, 0.25) is 0 Å². The van der Waals surface area contributed by atoms with Crippen molar-refractivity contribution in [2.75, 3.05) is 6.61 Å². The van der Waals surface area contributed by atoms with E-state index in [1.807, 2.05) is 66.7 Å². The summed E-state index contributed by atoms with van der Waals surface area (Å²) in [4.78, 5) is 16.7. The van der Waals surface area contributed by atoms with Crippen LogP contribution in [0.5, 0.6) is 0 Å². The molecule has 23 heavy (non-hydrogen) atoms. The maximum absolute atomic E-state index is 12.2. The molecule has 1 aromatic heterocycles. The molecule has 0 saturated heterocycles. The minimum atomic E-state index is -0.349. The Labute approximate surface area is 135 Å². The summed E-state index contributed by atoms with van der Waals surface area (Å²) >= 11 is 0. The van der Waals surface area contributed by atoms with Gasteiger partial charge in [-0.25, -0.2) is 4.79 Å². The fourth-order valence-corrected chi connectivity index (χ4v) is 2.45. The molecule has 0 fully saturated rings. The highest BCUT2D eigenvalue weighted by Gasteiger charge is 2.16. The molecule has 3 rings (SSSR count). The number of rotatable bonds is 4. The molecule has 114 valence electrons. The van der Waals surface area contributed by atoms with Crippen molar-refractivity contribution in [3.05, 3.63) is 78.5 Å². The van der Waals surface area contributed by atoms with Gasteiger partial charge in [0.1, 0.15) is 0 Å². The van der Waals surface area contributed by atoms with Crippen molar-refractivity contribution < 1.29 is 9.53 Å². The van der Waals surface area contributed by atoms with Crippen molar-refractivity contribution in [2.45, 2.75) is 6.92 Å². The number of esters is 1. The average Bonchev–Trinajstić information content (AvgIpc) is 2.63. The van der Waals surface area contributed by atoms with Crippen LogP contribution in [-0.2, 0) is 4.74 Å². The zero-order chi connectivity index (χ0) is 16.1. The minimum absolute atomic E-state index is 0.341. The first-order chi connectivity index (χ1) is 11.3. The largest absolute Gasteiger partial charge is 0.462 e. The van der Waals surface area contributed by atoms with Gasteiger partial charge in [0, 0.05) is 11.8 Å². The second-order valence-corrected chi connectivity index (χ2v) is 5.07. The number of hydrogen-bond donors (Lipinski definition) is 0. The number of benzene rings is 2. The molecule has 0 radical (unpaired) electrons. The van der Waals surface area contributed by atoms with E-state index in [1.54, 1.807) is 13.1 Å². The zero-order valence-electron chi connectivity index (χ0n) is 12.9. The molecule has 3 heteroatoms. The maximum atomic E-state index is 12.2. The molecule has 3 aromatic rings. The first-order valence-corrected chi connectivity index (χ1v) is 7.57. The number of carbonyl (C=O) groups excluding carboxylic acids is 1. The molecule has 0 aliphatic heterocycles. The Balaban J connectivity index is 2.13. The monoisotopic (exact) mass is 303 g/mol. The highest BCUT2D eigenvalue weighted by Crippen LogP contribution is 2.28. The van der Waals surface area contributed by atoms with Crippen LogP contribution in [0.1, 0.15) is 17.3 Å². The Morgan fingerprint density at radius 3 is 2.17 bits per heavy atom. The molecule has 2 aromatic carbocycles. The first-order valence-electron chi connectivity index (χ1n) is 7.57. The summed E-state index contributed by atoms with van der Waals surface area (Å²) in [5, 5.41) is 0. The lowest BCUT2D eigenvalue weighted by Crippen LogP contribution is -2.07. The fraction of sp³-hybridized carbons (Fsp3) is 0.100. The van der Waals surface area contributed by atoms with Gasteiger partial charge in [-0.1, -0.05) is 60.7 Å². The summed E-state index contributed by atoms with van der Waals surface area (Å²) in [6.07, 6.45) is 1.60. The summed E-state index contributed by atoms with van der Waals surface area (Å²) < 4.78 is 5.16. The van der Waals surface area contributed by atoms with Crippen molar-refractivity contribution in [1.29, 1.82) is 0 Å². The molecule has 0 saturated carbocycles. The van der Waals surface area contributed by atoms with Crippen molar-refractivity contribution in [3.8, 4) is 22.4 Å². The molecule has 0 unspecified atom stereocenters. The smallest absolute Gasteiger partial charge is 0.340 e. The molecule has 0 atom stereocenters. The average molecular weight is 303 g/mol. The zero-order valence-corrected chi connectivity index (χ0v) is 12.9. The third-order valence-electron chi connectivity index (χ3n) is 3.55. The summed E-state index contributed by atoms with van der Waals surface area (Å²) in [6, 6.07) is 21.7. The van der Waals surface area contributed by atoms with Gasteiger partial charge < -0.3 is 4.74 Å². The van der Waals surface area contributed by atoms with E-state index in [4.69, 9.17) is 4.74 Å². The predicted octanol–water partition coefficient (Wildman–Crippen LogP) is 4.59. The van der Waals surface area contributed by atoms with Gasteiger partial charge in [0.05, 0.1) is 17.9 Å². The Kier molecular flexibility index (Phi) is 4.48. The first kappa shape index (κ1) is 15.0. The highest BCUT2D eigenvalue weighted by molar-refractivity contribution is 5.97. The van der Waals surface area contributed by atoms with E-state index in [1.165, 1.54) is 0 Å². The van der Waals surface area contributed by atoms with Crippen LogP contribution in [0.4, 0.5) is 0 Å². The summed E-state index contributed by atoms with van der Waals surface area (Å²) in [5.74, 6) is -0.349. The SMILES string of the molecule is CCOC(=O)c1cnc(-c2ccccc2)cc1-c1ccccc1. The van der Waals surface area contributed by atoms with Crippen LogP contribution in [0.2, 0.25) is 0 Å². The third-order valence-corrected chi connectivity index (χ3v) is 3.55. The quantitative estimate of drug-likeness (QED) is 0.662. The van der Waals surface area contributed by atoms with Gasteiger partial charge in [-0.3, -0.25) is 4.98 Å². The molecule has 0 spiro atoms. The van der Waals surface area contributed by atoms with Gasteiger partial charge in [-0.2, -0.15) is 0 Å². The van der Waals surface area contributed by atoms with Crippen molar-refractivity contribution >= 4 is 5.97 Å². The van der Waals surface area contributed by atoms with Crippen LogP contribution in [0, 0.1) is 0 Å². The van der Waals surface area contributed by atoms with E-state index >= 15 is 0 Å². The summed E-state index contributed by atoms with van der Waals surface area (Å²) in [6.45, 7) is 2.14. The van der Waals surface area contributed by atoms with Gasteiger partial charge in [0.15, 0.2) is 0 Å². The highest BCUT2D eigenvalue weighted by atomic mass is 16.5. The van der Waals surface area contributed by atoms with E-state index in [0.29, 0.717) is 12.2 Å². The topological polar surface area (TPSA) is 39.2 Å². The van der Waals surface area contributed by atoms with Crippen LogP contribution in [0.15, 0.2) is 72.9 Å². The molecule has 0 amide bonds. The second kappa shape index (κ2) is 6.88. The van der Waals surface area contributed by atoms with Crippen LogP contribution in [0.25, 0.3) is 22.4 Å². The van der Waals surface area contributed by atoms with Crippen molar-refractivity contribution in [1.82, 2.24) is 4.98 Å². The molecule has 0 aliphatic carbocycles. The van der Waals surface area contributed by atoms with Crippen LogP contribution < -0.4 is 0 Å². The normalized spacial score (nSPS) is 10.3. The molecule has 1 heterocycles. The van der Waals surface area contributed by atoms with Crippen LogP contribution >= 0.6 is 0 Å². The third kappa shape index (κ3) is 3.29. The van der Waals surface area contributed by atoms with E-state index in [-0.39, 0.29) is 5.97 Å². The lowest BCUT2D eigenvalue weighted by atomic mass is 9.99. The number of hydrogen-bond acceptors (Lipinski definition) is 3. The van der Waals surface area contributed by atoms with Crippen molar-refractivity contribution in [3.63, 3.8) is 0 Å². The van der Waals surface area contributed by atoms with Gasteiger partial charge in [-0.05, 0) is 24.1 Å². The number of pyridine rings is 1. The molecule has 0 N–H and O–H groups in total. The molecule has 0 bridgehead atoms. The second-order valence-electron chi connectivity index (χ2n) is 5.07. The number of ether oxygens (including phenoxy) is 1. The molecular formula is C20H17NO2. The molecular weight excluding hydrogens is 286 g/mol. The van der Waals surface area contributed by atoms with Crippen molar-refractivity contribution in [2.24, 2.45) is 0 Å². The van der Waals surface area contributed by atoms with Gasteiger partial charge >= 0.3 is 5.97 Å². The number of aromatic nitrogens is 1. The lowest BCUT2D eigenvalue weighted by molar-refractivity contribution is 0.0527. The number of nitrogens with zero attached hydrogens (tertiary/aromatic N) is 1. The Bertz CT molecular complexity index is 798. The summed E-state index contributed by atoms with van der Waals surface area (Å²) in [5.41, 5.74) is 4.13. The fourth-order valence-electron chi connectivity index (χ4n) is 2.45.